The van der Waals surface area contributed by atoms with E-state index in [-0.39, 0.29) is 24.2 Å². The fraction of sp³-hybridized carbons (Fsp3) is 0.107. The topological polar surface area (TPSA) is 93.1 Å². The lowest BCUT2D eigenvalue weighted by Gasteiger charge is -2.16. The largest absolute Gasteiger partial charge is 0.495 e. The van der Waals surface area contributed by atoms with Gasteiger partial charge in [0.25, 0.3) is 11.8 Å². The maximum atomic E-state index is 13.7. The van der Waals surface area contributed by atoms with Gasteiger partial charge < -0.3 is 14.6 Å². The van der Waals surface area contributed by atoms with E-state index in [1.54, 1.807) is 24.3 Å². The molecule has 1 heterocycles. The SMILES string of the molecule is COc1c2c(c(OCc3ccccc3)c3ccccc13)C(=O)N(c1ccc(CC(=O)O)cc1)C2=O. The lowest BCUT2D eigenvalue weighted by atomic mass is 9.99. The number of carboxylic acid groups (broad SMARTS) is 1. The monoisotopic (exact) mass is 467 g/mol. The first-order chi connectivity index (χ1) is 17.0. The van der Waals surface area contributed by atoms with E-state index in [4.69, 9.17) is 14.6 Å². The Hall–Kier alpha value is -4.65. The van der Waals surface area contributed by atoms with E-state index in [2.05, 4.69) is 0 Å². The molecule has 1 aliphatic heterocycles. The normalized spacial score (nSPS) is 12.7. The van der Waals surface area contributed by atoms with Crippen LogP contribution in [0.25, 0.3) is 10.8 Å². The summed E-state index contributed by atoms with van der Waals surface area (Å²) in [4.78, 5) is 39.4. The van der Waals surface area contributed by atoms with E-state index >= 15 is 0 Å². The molecule has 0 unspecified atom stereocenters. The summed E-state index contributed by atoms with van der Waals surface area (Å²) >= 11 is 0. The molecule has 2 amide bonds. The van der Waals surface area contributed by atoms with Crippen molar-refractivity contribution in [2.24, 2.45) is 0 Å². The molecule has 1 N–H and O–H groups in total. The number of hydrogen-bond acceptors (Lipinski definition) is 5. The molecule has 0 spiro atoms. The van der Waals surface area contributed by atoms with Crippen LogP contribution in [0.15, 0.2) is 78.9 Å². The number of fused-ring (bicyclic) bond motifs is 2. The Kier molecular flexibility index (Phi) is 5.66. The highest BCUT2D eigenvalue weighted by Crippen LogP contribution is 2.46. The van der Waals surface area contributed by atoms with Crippen molar-refractivity contribution in [3.05, 3.63) is 101 Å². The molecule has 0 radical (unpaired) electrons. The molecule has 4 aromatic carbocycles. The molecular formula is C28H21NO6. The fourth-order valence-electron chi connectivity index (χ4n) is 4.36. The number of anilines is 1. The van der Waals surface area contributed by atoms with Gasteiger partial charge in [-0.25, -0.2) is 4.90 Å². The Morgan fingerprint density at radius 2 is 1.34 bits per heavy atom. The van der Waals surface area contributed by atoms with Crippen LogP contribution in [0.4, 0.5) is 5.69 Å². The second-order valence-electron chi connectivity index (χ2n) is 8.11. The summed E-state index contributed by atoms with van der Waals surface area (Å²) in [6.45, 7) is 0.217. The predicted octanol–water partition coefficient (Wildman–Crippen LogP) is 4.86. The summed E-state index contributed by atoms with van der Waals surface area (Å²) in [6, 6.07) is 23.2. The zero-order valence-corrected chi connectivity index (χ0v) is 18.9. The van der Waals surface area contributed by atoms with E-state index in [1.807, 2.05) is 54.6 Å². The summed E-state index contributed by atoms with van der Waals surface area (Å²) in [7, 11) is 1.47. The summed E-state index contributed by atoms with van der Waals surface area (Å²) in [5.74, 6) is -1.38. The molecule has 35 heavy (non-hydrogen) atoms. The number of benzene rings is 4. The highest BCUT2D eigenvalue weighted by Gasteiger charge is 2.43. The predicted molar refractivity (Wildman–Crippen MR) is 130 cm³/mol. The van der Waals surface area contributed by atoms with Crippen molar-refractivity contribution in [2.45, 2.75) is 13.0 Å². The Morgan fingerprint density at radius 1 is 0.771 bits per heavy atom. The molecule has 7 nitrogen and oxygen atoms in total. The van der Waals surface area contributed by atoms with Crippen LogP contribution < -0.4 is 14.4 Å². The lowest BCUT2D eigenvalue weighted by molar-refractivity contribution is -0.136. The number of amides is 2. The fourth-order valence-corrected chi connectivity index (χ4v) is 4.36. The Balaban J connectivity index is 1.63. The number of methoxy groups -OCH3 is 1. The number of ether oxygens (including phenoxy) is 2. The second-order valence-corrected chi connectivity index (χ2v) is 8.11. The number of aliphatic carboxylic acids is 1. The van der Waals surface area contributed by atoms with E-state index in [0.717, 1.165) is 10.5 Å². The average molecular weight is 467 g/mol. The Bertz CT molecular complexity index is 1460. The van der Waals surface area contributed by atoms with Crippen LogP contribution >= 0.6 is 0 Å². The Morgan fingerprint density at radius 3 is 1.94 bits per heavy atom. The minimum atomic E-state index is -0.963. The molecule has 4 aromatic rings. The smallest absolute Gasteiger partial charge is 0.307 e. The van der Waals surface area contributed by atoms with Crippen molar-refractivity contribution in [1.29, 1.82) is 0 Å². The number of nitrogens with zero attached hydrogens (tertiary/aromatic N) is 1. The molecule has 0 aromatic heterocycles. The molecular weight excluding hydrogens is 446 g/mol. The number of carboxylic acids is 1. The van der Waals surface area contributed by atoms with Crippen LogP contribution in [0.5, 0.6) is 11.5 Å². The van der Waals surface area contributed by atoms with Gasteiger partial charge in [-0.05, 0) is 23.3 Å². The summed E-state index contributed by atoms with van der Waals surface area (Å²) in [5.41, 5.74) is 2.12. The van der Waals surface area contributed by atoms with Crippen molar-refractivity contribution in [1.82, 2.24) is 0 Å². The van der Waals surface area contributed by atoms with Gasteiger partial charge in [0.1, 0.15) is 18.1 Å². The van der Waals surface area contributed by atoms with Crippen LogP contribution in [-0.2, 0) is 17.8 Å². The van der Waals surface area contributed by atoms with Crippen molar-refractivity contribution in [3.8, 4) is 11.5 Å². The van der Waals surface area contributed by atoms with Crippen molar-refractivity contribution in [3.63, 3.8) is 0 Å². The van der Waals surface area contributed by atoms with E-state index in [0.29, 0.717) is 33.5 Å². The third-order valence-corrected chi connectivity index (χ3v) is 5.93. The van der Waals surface area contributed by atoms with Gasteiger partial charge in [0.05, 0.1) is 30.3 Å². The molecule has 0 bridgehead atoms. The van der Waals surface area contributed by atoms with Crippen LogP contribution in [0.1, 0.15) is 31.8 Å². The first-order valence-electron chi connectivity index (χ1n) is 11.0. The van der Waals surface area contributed by atoms with E-state index < -0.39 is 17.8 Å². The number of carbonyl (C=O) groups excluding carboxylic acids is 2. The highest BCUT2D eigenvalue weighted by atomic mass is 16.5. The van der Waals surface area contributed by atoms with Crippen LogP contribution in [0, 0.1) is 0 Å². The van der Waals surface area contributed by atoms with Gasteiger partial charge in [0, 0.05) is 10.8 Å². The van der Waals surface area contributed by atoms with E-state index in [1.165, 1.54) is 7.11 Å². The first kappa shape index (κ1) is 22.2. The van der Waals surface area contributed by atoms with Gasteiger partial charge in [0.15, 0.2) is 0 Å². The van der Waals surface area contributed by atoms with Gasteiger partial charge in [-0.15, -0.1) is 0 Å². The zero-order chi connectivity index (χ0) is 24.5. The lowest BCUT2D eigenvalue weighted by Crippen LogP contribution is -2.29. The third-order valence-electron chi connectivity index (χ3n) is 5.93. The summed E-state index contributed by atoms with van der Waals surface area (Å²) < 4.78 is 11.8. The summed E-state index contributed by atoms with van der Waals surface area (Å²) in [5, 5.41) is 10.3. The number of hydrogen-bond donors (Lipinski definition) is 1. The highest BCUT2D eigenvalue weighted by molar-refractivity contribution is 6.38. The summed E-state index contributed by atoms with van der Waals surface area (Å²) in [6.07, 6.45) is -0.154. The third kappa shape index (κ3) is 3.87. The molecule has 0 saturated heterocycles. The molecule has 0 aliphatic carbocycles. The van der Waals surface area contributed by atoms with Gasteiger partial charge >= 0.3 is 5.97 Å². The minimum absolute atomic E-state index is 0.147. The standard InChI is InChI=1S/C28H21NO6/c1-34-25-20-9-5-6-10-21(20)26(35-16-18-7-3-2-4-8-18)24-23(25)27(32)29(28(24)33)19-13-11-17(12-14-19)15-22(30)31/h2-14H,15-16H2,1H3,(H,30,31). The Labute approximate surface area is 201 Å². The first-order valence-corrected chi connectivity index (χ1v) is 11.0. The maximum Gasteiger partial charge on any atom is 0.307 e. The number of carbonyl (C=O) groups is 3. The van der Waals surface area contributed by atoms with Crippen LogP contribution in [-0.4, -0.2) is 30.0 Å². The molecule has 5 rings (SSSR count). The number of rotatable bonds is 7. The van der Waals surface area contributed by atoms with Crippen molar-refractivity contribution >= 4 is 34.2 Å². The number of imide groups is 1. The quantitative estimate of drug-likeness (QED) is 0.391. The molecule has 0 atom stereocenters. The maximum absolute atomic E-state index is 13.7. The molecule has 7 heteroatoms. The van der Waals surface area contributed by atoms with Gasteiger partial charge in [0.2, 0.25) is 0 Å². The molecule has 1 aliphatic rings. The van der Waals surface area contributed by atoms with Crippen LogP contribution in [0.2, 0.25) is 0 Å². The van der Waals surface area contributed by atoms with Crippen molar-refractivity contribution < 1.29 is 29.0 Å². The van der Waals surface area contributed by atoms with Gasteiger partial charge in [-0.1, -0.05) is 66.7 Å². The van der Waals surface area contributed by atoms with E-state index in [9.17, 15) is 14.4 Å². The second kappa shape index (κ2) is 8.95. The minimum Gasteiger partial charge on any atom is -0.495 e. The molecule has 174 valence electrons. The molecule has 0 fully saturated rings. The van der Waals surface area contributed by atoms with Crippen molar-refractivity contribution in [2.75, 3.05) is 12.0 Å². The zero-order valence-electron chi connectivity index (χ0n) is 18.9. The molecule has 0 saturated carbocycles. The van der Waals surface area contributed by atoms with Gasteiger partial charge in [-0.3, -0.25) is 14.4 Å². The van der Waals surface area contributed by atoms with Gasteiger partial charge in [-0.2, -0.15) is 0 Å². The average Bonchev–Trinajstić information content (AvgIpc) is 3.12. The van der Waals surface area contributed by atoms with Crippen LogP contribution in [0.3, 0.4) is 0 Å².